The van der Waals surface area contributed by atoms with Gasteiger partial charge in [0.1, 0.15) is 0 Å². The van der Waals surface area contributed by atoms with Gasteiger partial charge in [-0.15, -0.1) is 5.10 Å². The van der Waals surface area contributed by atoms with Crippen LogP contribution in [-0.4, -0.2) is 18.1 Å². The quantitative estimate of drug-likeness (QED) is 0.320. The van der Waals surface area contributed by atoms with Gasteiger partial charge in [-0.25, -0.2) is 0 Å². The van der Waals surface area contributed by atoms with Crippen LogP contribution in [0.3, 0.4) is 0 Å². The van der Waals surface area contributed by atoms with E-state index in [-0.39, 0.29) is 5.96 Å². The first-order valence-corrected chi connectivity index (χ1v) is 6.35. The van der Waals surface area contributed by atoms with Crippen LogP contribution in [0, 0.1) is 5.92 Å². The fraction of sp³-hybridized carbons (Fsp3) is 0.750. The molecule has 0 amide bonds. The number of hydrazone groups is 1. The maximum Gasteiger partial charge on any atom is 0.256 e. The monoisotopic (exact) mass is 256 g/mol. The Morgan fingerprint density at radius 2 is 1.94 bits per heavy atom. The Kier molecular flexibility index (Phi) is 9.62. The van der Waals surface area contributed by atoms with Gasteiger partial charge in [0, 0.05) is 17.5 Å². The number of aliphatic carboxylic acids is 1. The Balaban J connectivity index is 0.000000631. The molecule has 0 bridgehead atoms. The molecule has 0 aliphatic heterocycles. The van der Waals surface area contributed by atoms with Crippen LogP contribution in [0.1, 0.15) is 51.9 Å². The molecule has 1 aliphatic carbocycles. The fourth-order valence-corrected chi connectivity index (χ4v) is 1.98. The second-order valence-corrected chi connectivity index (χ2v) is 4.44. The normalized spacial score (nSPS) is 15.8. The molecule has 1 fully saturated rings. The van der Waals surface area contributed by atoms with Crippen LogP contribution in [0.4, 0.5) is 0 Å². The average molecular weight is 256 g/mol. The number of carboxylic acids is 1. The van der Waals surface area contributed by atoms with E-state index in [2.05, 4.69) is 10.2 Å². The number of carbonyl (C=O) groups is 1. The van der Waals surface area contributed by atoms with Crippen LogP contribution >= 0.6 is 0 Å². The van der Waals surface area contributed by atoms with Gasteiger partial charge in [-0.2, -0.15) is 0 Å². The predicted octanol–water partition coefficient (Wildman–Crippen LogP) is -1.56. The van der Waals surface area contributed by atoms with Crippen LogP contribution in [0.5, 0.6) is 0 Å². The molecule has 0 aromatic rings. The first-order chi connectivity index (χ1) is 8.52. The zero-order chi connectivity index (χ0) is 13.8. The van der Waals surface area contributed by atoms with Gasteiger partial charge in [0.25, 0.3) is 5.96 Å². The summed E-state index contributed by atoms with van der Waals surface area (Å²) < 4.78 is 0. The lowest BCUT2D eigenvalue weighted by Crippen LogP contribution is -2.63. The van der Waals surface area contributed by atoms with Crippen LogP contribution in [-0.2, 0) is 4.79 Å². The number of carboxylic acid groups (broad SMARTS) is 1. The van der Waals surface area contributed by atoms with Gasteiger partial charge in [-0.3, -0.25) is 0 Å². The highest BCUT2D eigenvalue weighted by Crippen LogP contribution is 2.26. The summed E-state index contributed by atoms with van der Waals surface area (Å²) in [5.41, 5.74) is 10.3. The van der Waals surface area contributed by atoms with E-state index in [9.17, 15) is 0 Å². The van der Waals surface area contributed by atoms with E-state index in [4.69, 9.17) is 21.4 Å². The molecule has 0 radical (unpaired) electrons. The van der Waals surface area contributed by atoms with Crippen molar-refractivity contribution in [2.45, 2.75) is 51.9 Å². The minimum Gasteiger partial charge on any atom is -0.550 e. The Labute approximate surface area is 108 Å². The van der Waals surface area contributed by atoms with Crippen molar-refractivity contribution in [1.82, 2.24) is 0 Å². The van der Waals surface area contributed by atoms with Crippen molar-refractivity contribution in [3.8, 4) is 0 Å². The van der Waals surface area contributed by atoms with E-state index >= 15 is 0 Å². The number of hydrogen-bond donors (Lipinski definition) is 3. The molecule has 6 nitrogen and oxygen atoms in total. The lowest BCUT2D eigenvalue weighted by Gasteiger charge is -2.19. The SMILES string of the molecule is CC(=O)[O-].NC(N)=N/[NH+]=C/CCC1CCCCC1. The van der Waals surface area contributed by atoms with Crippen molar-refractivity contribution >= 4 is 18.1 Å². The number of carbonyl (C=O) groups excluding carboxylic acids is 1. The highest BCUT2D eigenvalue weighted by Gasteiger charge is 2.12. The van der Waals surface area contributed by atoms with Crippen LogP contribution in [0.25, 0.3) is 0 Å². The molecule has 104 valence electrons. The third-order valence-electron chi connectivity index (χ3n) is 2.73. The molecule has 6 heteroatoms. The van der Waals surface area contributed by atoms with E-state index < -0.39 is 5.97 Å². The molecule has 0 heterocycles. The van der Waals surface area contributed by atoms with Crippen molar-refractivity contribution in [3.05, 3.63) is 0 Å². The van der Waals surface area contributed by atoms with E-state index in [1.54, 1.807) is 0 Å². The van der Waals surface area contributed by atoms with Gasteiger partial charge in [0.2, 0.25) is 0 Å². The molecule has 18 heavy (non-hydrogen) atoms. The van der Waals surface area contributed by atoms with E-state index in [1.165, 1.54) is 38.5 Å². The third kappa shape index (κ3) is 12.5. The summed E-state index contributed by atoms with van der Waals surface area (Å²) in [7, 11) is 0. The number of hydrogen-bond acceptors (Lipinski definition) is 3. The average Bonchev–Trinajstić information content (AvgIpc) is 2.29. The van der Waals surface area contributed by atoms with Gasteiger partial charge in [-0.05, 0) is 19.3 Å². The second kappa shape index (κ2) is 10.6. The lowest BCUT2D eigenvalue weighted by atomic mass is 9.86. The van der Waals surface area contributed by atoms with E-state index in [0.717, 1.165) is 19.3 Å². The zero-order valence-electron chi connectivity index (χ0n) is 11.0. The molecule has 1 aliphatic rings. The zero-order valence-corrected chi connectivity index (χ0v) is 11.0. The van der Waals surface area contributed by atoms with E-state index in [0.29, 0.717) is 0 Å². The van der Waals surface area contributed by atoms with Crippen LogP contribution < -0.4 is 21.7 Å². The van der Waals surface area contributed by atoms with E-state index in [1.807, 2.05) is 6.21 Å². The van der Waals surface area contributed by atoms with Gasteiger partial charge < -0.3 is 21.4 Å². The smallest absolute Gasteiger partial charge is 0.256 e. The largest absolute Gasteiger partial charge is 0.550 e. The fourth-order valence-electron chi connectivity index (χ4n) is 1.98. The topological polar surface area (TPSA) is 118 Å². The molecule has 0 aromatic heterocycles. The second-order valence-electron chi connectivity index (χ2n) is 4.44. The molecule has 0 aromatic carbocycles. The highest BCUT2D eigenvalue weighted by molar-refractivity contribution is 5.74. The van der Waals surface area contributed by atoms with Gasteiger partial charge in [0.05, 0.1) is 0 Å². The summed E-state index contributed by atoms with van der Waals surface area (Å²) in [5, 5.41) is 15.3. The predicted molar refractivity (Wildman–Crippen MR) is 69.3 cm³/mol. The van der Waals surface area contributed by atoms with Crippen molar-refractivity contribution in [3.63, 3.8) is 0 Å². The van der Waals surface area contributed by atoms with Crippen molar-refractivity contribution in [2.24, 2.45) is 22.5 Å². The highest BCUT2D eigenvalue weighted by atomic mass is 16.4. The first-order valence-electron chi connectivity index (χ1n) is 6.35. The Bertz CT molecular complexity index is 276. The lowest BCUT2D eigenvalue weighted by molar-refractivity contribution is -0.458. The maximum absolute atomic E-state index is 8.89. The molecule has 0 saturated heterocycles. The third-order valence-corrected chi connectivity index (χ3v) is 2.73. The molecule has 5 N–H and O–H groups in total. The molecular formula is C12H24N4O2. The number of nitrogens with one attached hydrogen (secondary N) is 1. The van der Waals surface area contributed by atoms with Gasteiger partial charge in [-0.1, -0.05) is 32.1 Å². The molecule has 1 rings (SSSR count). The summed E-state index contributed by atoms with van der Waals surface area (Å²) in [5.74, 6) is -0.0834. The summed E-state index contributed by atoms with van der Waals surface area (Å²) in [6.45, 7) is 0.972. The van der Waals surface area contributed by atoms with Crippen LogP contribution in [0.2, 0.25) is 0 Å². The molecule has 1 saturated carbocycles. The minimum absolute atomic E-state index is 0.0823. The number of nitrogens with two attached hydrogens (primary N) is 2. The standard InChI is InChI=1S/C10H20N4.C2H4O2/c11-10(12)14-13-8-4-7-9-5-2-1-3-6-9;1-2(3)4/h8-9H,1-7H2,(H4,11,12,14);1H3,(H,3,4)/b13-8+;. The number of rotatable bonds is 4. The molecular weight excluding hydrogens is 232 g/mol. The van der Waals surface area contributed by atoms with Gasteiger partial charge in [0.15, 0.2) is 6.21 Å². The number of nitrogens with zero attached hydrogens (tertiary/aromatic N) is 1. The summed E-state index contributed by atoms with van der Waals surface area (Å²) >= 11 is 0. The maximum atomic E-state index is 8.89. The Hall–Kier alpha value is -1.59. The molecule has 0 unspecified atom stereocenters. The molecule has 0 spiro atoms. The minimum atomic E-state index is -1.08. The van der Waals surface area contributed by atoms with Crippen LogP contribution in [0.15, 0.2) is 5.10 Å². The summed E-state index contributed by atoms with van der Waals surface area (Å²) in [4.78, 5) is 8.89. The summed E-state index contributed by atoms with van der Waals surface area (Å²) in [6, 6.07) is 0. The molecule has 0 atom stereocenters. The van der Waals surface area contributed by atoms with Crippen molar-refractivity contribution < 1.29 is 15.0 Å². The summed E-state index contributed by atoms with van der Waals surface area (Å²) in [6.07, 6.45) is 11.3. The van der Waals surface area contributed by atoms with Crippen molar-refractivity contribution in [1.29, 1.82) is 0 Å². The number of guanidine groups is 1. The first kappa shape index (κ1) is 16.4. The Morgan fingerprint density at radius 3 is 2.44 bits per heavy atom. The Morgan fingerprint density at radius 1 is 1.39 bits per heavy atom. The van der Waals surface area contributed by atoms with Gasteiger partial charge >= 0.3 is 0 Å². The van der Waals surface area contributed by atoms with Crippen molar-refractivity contribution in [2.75, 3.05) is 0 Å².